The van der Waals surface area contributed by atoms with Gasteiger partial charge in [0, 0.05) is 18.5 Å². The number of aliphatic imine (C=N–C) groups is 1. The van der Waals surface area contributed by atoms with Crippen molar-refractivity contribution in [3.05, 3.63) is 38.1 Å². The predicted molar refractivity (Wildman–Crippen MR) is 122 cm³/mol. The summed E-state index contributed by atoms with van der Waals surface area (Å²) in [4.78, 5) is 37.2. The van der Waals surface area contributed by atoms with Gasteiger partial charge in [0.25, 0.3) is 5.91 Å². The molecule has 1 amide bonds. The zero-order chi connectivity index (χ0) is 23.0. The number of aromatic carboxylic acids is 1. The number of H-pyrrole nitrogens is 1. The molecule has 4 rings (SSSR count). The molecule has 4 N–H and O–H groups in total. The molecule has 2 aromatic heterocycles. The van der Waals surface area contributed by atoms with E-state index in [4.69, 9.17) is 23.2 Å². The molecule has 32 heavy (non-hydrogen) atoms. The lowest BCUT2D eigenvalue weighted by Gasteiger charge is -2.34. The Labute approximate surface area is 196 Å². The van der Waals surface area contributed by atoms with Crippen molar-refractivity contribution in [2.24, 2.45) is 4.99 Å². The number of halogens is 3. The Kier molecular flexibility index (Phi) is 6.40. The molecule has 0 spiro atoms. The molecule has 0 aliphatic carbocycles. The maximum Gasteiger partial charge on any atom is 0.348 e. The summed E-state index contributed by atoms with van der Waals surface area (Å²) in [7, 11) is 0. The lowest BCUT2D eigenvalue weighted by atomic mass is 10.0. The van der Waals surface area contributed by atoms with Gasteiger partial charge in [-0.05, 0) is 19.4 Å². The number of aryl methyl sites for hydroxylation is 1. The second-order valence-electron chi connectivity index (χ2n) is 7.31. The van der Waals surface area contributed by atoms with Gasteiger partial charge in [0.2, 0.25) is 0 Å². The number of piperidine rings is 1. The van der Waals surface area contributed by atoms with E-state index in [2.05, 4.69) is 25.6 Å². The number of allylic oxidation sites excluding steroid dienone is 1. The van der Waals surface area contributed by atoms with Crippen LogP contribution in [0.3, 0.4) is 0 Å². The van der Waals surface area contributed by atoms with Crippen LogP contribution in [0.25, 0.3) is 5.70 Å². The Balaban J connectivity index is 1.47. The topological polar surface area (TPSA) is 123 Å². The third-order valence-electron chi connectivity index (χ3n) is 5.18. The lowest BCUT2D eigenvalue weighted by Crippen LogP contribution is -2.52. The molecule has 4 heterocycles. The van der Waals surface area contributed by atoms with Gasteiger partial charge in [0.15, 0.2) is 5.13 Å². The average Bonchev–Trinajstić information content (AvgIpc) is 3.33. The Bertz CT molecular complexity index is 1130. The first-order chi connectivity index (χ1) is 15.3. The van der Waals surface area contributed by atoms with Crippen LogP contribution >= 0.6 is 34.5 Å². The second kappa shape index (κ2) is 9.08. The number of nitrogens with zero attached hydrogens (tertiary/aromatic N) is 3. The number of carbonyl (C=O) groups excluding carboxylic acids is 1. The van der Waals surface area contributed by atoms with E-state index >= 15 is 0 Å². The number of carboxylic acids is 1. The van der Waals surface area contributed by atoms with E-state index in [9.17, 15) is 19.1 Å². The van der Waals surface area contributed by atoms with E-state index in [1.165, 1.54) is 0 Å². The molecule has 170 valence electrons. The van der Waals surface area contributed by atoms with Gasteiger partial charge in [-0.25, -0.2) is 14.2 Å². The standard InChI is InChI=1S/C19H19Cl2FN6O3S/c1-8-12(20)13(21)15(25-8)17(29)26-10-3-5-28(6-9(10)22)19-27-14(16(32-19)18(30)31)11-2-4-23-7-24-11/h2,4,9-10,24-25H,3,5-7H2,1H3,(H,26,29)(H,30,31)/t9-,10+/m0/s1. The summed E-state index contributed by atoms with van der Waals surface area (Å²) in [6.45, 7) is 2.36. The van der Waals surface area contributed by atoms with Crippen LogP contribution in [0.4, 0.5) is 9.52 Å². The Morgan fingerprint density at radius 3 is 2.75 bits per heavy atom. The highest BCUT2D eigenvalue weighted by Crippen LogP contribution is 2.33. The SMILES string of the molecule is Cc1[nH]c(C(=O)N[C@@H]2CCN(c3nc(C4=CC=NCN4)c(C(=O)O)s3)C[C@@H]2F)c(Cl)c1Cl. The van der Waals surface area contributed by atoms with Gasteiger partial charge >= 0.3 is 5.97 Å². The van der Waals surface area contributed by atoms with E-state index in [-0.39, 0.29) is 27.2 Å². The van der Waals surface area contributed by atoms with Crippen LogP contribution in [0.15, 0.2) is 11.1 Å². The van der Waals surface area contributed by atoms with Gasteiger partial charge in [0.1, 0.15) is 29.1 Å². The van der Waals surface area contributed by atoms with Gasteiger partial charge in [-0.3, -0.25) is 9.79 Å². The van der Waals surface area contributed by atoms with Crippen LogP contribution in [0.5, 0.6) is 0 Å². The smallest absolute Gasteiger partial charge is 0.348 e. The molecule has 9 nitrogen and oxygen atoms in total. The van der Waals surface area contributed by atoms with Crippen molar-refractivity contribution in [3.8, 4) is 0 Å². The largest absolute Gasteiger partial charge is 0.477 e. The fourth-order valence-corrected chi connectivity index (χ4v) is 4.88. The number of anilines is 1. The monoisotopic (exact) mass is 500 g/mol. The first kappa shape index (κ1) is 22.6. The number of hydrogen-bond donors (Lipinski definition) is 4. The molecule has 0 unspecified atom stereocenters. The van der Waals surface area contributed by atoms with E-state index in [1.54, 1.807) is 24.1 Å². The highest BCUT2D eigenvalue weighted by molar-refractivity contribution is 7.17. The maximum absolute atomic E-state index is 15.0. The maximum atomic E-state index is 15.0. The third kappa shape index (κ3) is 4.32. The van der Waals surface area contributed by atoms with E-state index < -0.39 is 24.1 Å². The predicted octanol–water partition coefficient (Wildman–Crippen LogP) is 3.10. The van der Waals surface area contributed by atoms with Crippen molar-refractivity contribution in [2.75, 3.05) is 24.7 Å². The van der Waals surface area contributed by atoms with Crippen LogP contribution < -0.4 is 15.5 Å². The molecule has 0 aromatic carbocycles. The molecule has 13 heteroatoms. The molecule has 2 aliphatic rings. The van der Waals surface area contributed by atoms with Gasteiger partial charge in [-0.15, -0.1) is 0 Å². The van der Waals surface area contributed by atoms with Gasteiger partial charge in [-0.2, -0.15) is 0 Å². The van der Waals surface area contributed by atoms with Crippen LogP contribution in [0.2, 0.25) is 10.0 Å². The fourth-order valence-electron chi connectivity index (χ4n) is 3.51. The van der Waals surface area contributed by atoms with Gasteiger partial charge in [0.05, 0.1) is 28.3 Å². The molecule has 2 atom stereocenters. The number of rotatable bonds is 5. The van der Waals surface area contributed by atoms with Crippen LogP contribution in [-0.4, -0.2) is 65.1 Å². The molecule has 1 saturated heterocycles. The first-order valence-electron chi connectivity index (χ1n) is 9.68. The number of thiazole rings is 1. The summed E-state index contributed by atoms with van der Waals surface area (Å²) < 4.78 is 15.0. The van der Waals surface area contributed by atoms with E-state index in [0.717, 1.165) is 11.3 Å². The molecule has 0 saturated carbocycles. The quantitative estimate of drug-likeness (QED) is 0.500. The Hall–Kier alpha value is -2.63. The van der Waals surface area contributed by atoms with Crippen molar-refractivity contribution >= 4 is 63.5 Å². The van der Waals surface area contributed by atoms with Crippen LogP contribution in [0.1, 0.15) is 38.0 Å². The molecule has 0 radical (unpaired) electrons. The molecular weight excluding hydrogens is 482 g/mol. The number of aromatic nitrogens is 2. The molecule has 2 aliphatic heterocycles. The number of carboxylic acid groups (broad SMARTS) is 1. The summed E-state index contributed by atoms with van der Waals surface area (Å²) >= 11 is 13.1. The van der Waals surface area contributed by atoms with Crippen molar-refractivity contribution in [1.82, 2.24) is 20.6 Å². The summed E-state index contributed by atoms with van der Waals surface area (Å²) in [6, 6.07) is -0.727. The highest BCUT2D eigenvalue weighted by Gasteiger charge is 2.34. The number of nitrogens with one attached hydrogen (secondary N) is 3. The minimum Gasteiger partial charge on any atom is -0.477 e. The Morgan fingerprint density at radius 2 is 2.16 bits per heavy atom. The summed E-state index contributed by atoms with van der Waals surface area (Å²) in [6.07, 6.45) is 2.14. The zero-order valence-corrected chi connectivity index (χ0v) is 19.1. The molecule has 0 bridgehead atoms. The molecule has 1 fully saturated rings. The molecular formula is C19H19Cl2FN6O3S. The van der Waals surface area contributed by atoms with Crippen molar-refractivity contribution in [2.45, 2.75) is 25.6 Å². The first-order valence-corrected chi connectivity index (χ1v) is 11.3. The molecule has 2 aromatic rings. The van der Waals surface area contributed by atoms with Crippen molar-refractivity contribution < 1.29 is 19.1 Å². The number of hydrogen-bond acceptors (Lipinski definition) is 7. The minimum absolute atomic E-state index is 0.0386. The van der Waals surface area contributed by atoms with Crippen LogP contribution in [-0.2, 0) is 0 Å². The van der Waals surface area contributed by atoms with Gasteiger partial charge < -0.3 is 25.6 Å². The lowest BCUT2D eigenvalue weighted by molar-refractivity contribution is 0.0701. The van der Waals surface area contributed by atoms with Crippen molar-refractivity contribution in [3.63, 3.8) is 0 Å². The minimum atomic E-state index is -1.39. The number of aromatic amines is 1. The third-order valence-corrected chi connectivity index (χ3v) is 7.23. The summed E-state index contributed by atoms with van der Waals surface area (Å²) in [5.41, 5.74) is 1.49. The second-order valence-corrected chi connectivity index (χ2v) is 9.04. The summed E-state index contributed by atoms with van der Waals surface area (Å²) in [5, 5.41) is 16.0. The fraction of sp³-hybridized carbons (Fsp3) is 0.368. The number of alkyl halides is 1. The van der Waals surface area contributed by atoms with E-state index in [1.807, 2.05) is 0 Å². The Morgan fingerprint density at radius 1 is 1.38 bits per heavy atom. The van der Waals surface area contributed by atoms with Crippen LogP contribution in [0, 0.1) is 6.92 Å². The van der Waals surface area contributed by atoms with Crippen molar-refractivity contribution in [1.29, 1.82) is 0 Å². The number of carbonyl (C=O) groups is 2. The van der Waals surface area contributed by atoms with Gasteiger partial charge in [-0.1, -0.05) is 34.5 Å². The average molecular weight is 501 g/mol. The summed E-state index contributed by atoms with van der Waals surface area (Å²) in [5.74, 6) is -1.64. The van der Waals surface area contributed by atoms with E-state index in [0.29, 0.717) is 41.9 Å². The normalized spacial score (nSPS) is 20.6. The highest BCUT2D eigenvalue weighted by atomic mass is 35.5. The zero-order valence-electron chi connectivity index (χ0n) is 16.8. The number of amides is 1.